The average molecular weight is 675 g/mol. The first-order valence-electron chi connectivity index (χ1n) is 19.9. The Balaban J connectivity index is 1.10. The molecule has 47 heavy (non-hydrogen) atoms. The minimum absolute atomic E-state index is 0.0136. The van der Waals surface area contributed by atoms with Crippen LogP contribution in [0.5, 0.6) is 0 Å². The number of cyclic esters (lactones) is 1. The Labute approximate surface area is 292 Å². The number of unbranched alkanes of at least 4 members (excludes halogenated alkanes) is 18. The van der Waals surface area contributed by atoms with Crippen LogP contribution < -0.4 is 0 Å². The quantitative estimate of drug-likeness (QED) is 0.0680. The third kappa shape index (κ3) is 16.0. The van der Waals surface area contributed by atoms with Crippen molar-refractivity contribution in [3.63, 3.8) is 0 Å². The Bertz CT molecular complexity index is 928. The molecule has 0 aliphatic carbocycles. The summed E-state index contributed by atoms with van der Waals surface area (Å²) in [6.45, 7) is 4.27. The van der Waals surface area contributed by atoms with Gasteiger partial charge in [-0.05, 0) is 51.2 Å². The highest BCUT2D eigenvalue weighted by Gasteiger charge is 2.48. The summed E-state index contributed by atoms with van der Waals surface area (Å²) in [5.41, 5.74) is 0. The predicted molar refractivity (Wildman–Crippen MR) is 197 cm³/mol. The van der Waals surface area contributed by atoms with E-state index >= 15 is 0 Å². The fourth-order valence-electron chi connectivity index (χ4n) is 7.58. The highest BCUT2D eigenvalue weighted by Crippen LogP contribution is 2.46. The van der Waals surface area contributed by atoms with E-state index in [-0.39, 0.29) is 36.5 Å². The maximum atomic E-state index is 12.8. The SMILES string of the molecule is CCCCCCCCCC[C@@H](O)[C@H]1CC[C@H]([C@H](O)CCCCCCCCCCCCCCC2(Sc3ccccc3)C[C@H](C)OC2=O)O1. The lowest BCUT2D eigenvalue weighted by Gasteiger charge is -2.24. The zero-order chi connectivity index (χ0) is 33.6. The first kappa shape index (κ1) is 40.4. The summed E-state index contributed by atoms with van der Waals surface area (Å²) in [6.07, 6.45) is 29.3. The van der Waals surface area contributed by atoms with Crippen molar-refractivity contribution in [3.05, 3.63) is 30.3 Å². The number of ether oxygens (including phenoxy) is 2. The Morgan fingerprint density at radius 3 is 1.60 bits per heavy atom. The van der Waals surface area contributed by atoms with Crippen molar-refractivity contribution >= 4 is 17.7 Å². The molecule has 270 valence electrons. The number of hydrogen-bond donors (Lipinski definition) is 2. The van der Waals surface area contributed by atoms with E-state index in [9.17, 15) is 15.0 Å². The summed E-state index contributed by atoms with van der Waals surface area (Å²) in [6, 6.07) is 10.3. The van der Waals surface area contributed by atoms with Gasteiger partial charge in [0, 0.05) is 11.3 Å². The van der Waals surface area contributed by atoms with E-state index in [0.717, 1.165) is 62.7 Å². The molecule has 0 aromatic heterocycles. The molecule has 1 aromatic rings. The smallest absolute Gasteiger partial charge is 0.322 e. The van der Waals surface area contributed by atoms with E-state index in [1.807, 2.05) is 25.1 Å². The highest BCUT2D eigenvalue weighted by atomic mass is 32.2. The van der Waals surface area contributed by atoms with E-state index in [1.54, 1.807) is 11.8 Å². The normalized spacial score (nSPS) is 24.1. The van der Waals surface area contributed by atoms with Gasteiger partial charge in [0.25, 0.3) is 0 Å². The number of carbonyl (C=O) groups excluding carboxylic acids is 1. The van der Waals surface area contributed by atoms with Crippen LogP contribution in [0.3, 0.4) is 0 Å². The molecule has 2 heterocycles. The molecule has 0 saturated carbocycles. The van der Waals surface area contributed by atoms with Gasteiger partial charge in [-0.1, -0.05) is 154 Å². The molecule has 2 fully saturated rings. The second kappa shape index (κ2) is 24.1. The molecule has 0 spiro atoms. The first-order chi connectivity index (χ1) is 22.9. The van der Waals surface area contributed by atoms with Crippen LogP contribution in [0.2, 0.25) is 0 Å². The lowest BCUT2D eigenvalue weighted by molar-refractivity contribution is -0.142. The molecule has 5 nitrogen and oxygen atoms in total. The van der Waals surface area contributed by atoms with Gasteiger partial charge in [0.15, 0.2) is 0 Å². The van der Waals surface area contributed by atoms with Gasteiger partial charge in [0.2, 0.25) is 0 Å². The second-order valence-electron chi connectivity index (χ2n) is 14.8. The van der Waals surface area contributed by atoms with E-state index in [0.29, 0.717) is 0 Å². The van der Waals surface area contributed by atoms with Crippen molar-refractivity contribution in [2.75, 3.05) is 0 Å². The topological polar surface area (TPSA) is 76.0 Å². The number of aliphatic hydroxyl groups excluding tert-OH is 2. The molecular formula is C41H70O5S. The largest absolute Gasteiger partial charge is 0.462 e. The van der Waals surface area contributed by atoms with Crippen molar-refractivity contribution in [1.29, 1.82) is 0 Å². The lowest BCUT2D eigenvalue weighted by Crippen LogP contribution is -2.31. The minimum atomic E-state index is -0.415. The standard InChI is InChI=1S/C41H70O5S/c1-3-4-5-6-7-14-17-23-28-36(42)38-30-31-39(46-38)37(43)29-24-18-15-12-10-8-9-11-13-16-19-25-32-41(33-34(2)45-40(41)44)47-35-26-21-20-22-27-35/h20-22,26-27,34,36-39,42-43H,3-19,23-25,28-33H2,1-2H3/t34-,36+,37+,38+,39+,41?/m0/s1. The minimum Gasteiger partial charge on any atom is -0.462 e. The molecule has 0 amide bonds. The van der Waals surface area contributed by atoms with Crippen molar-refractivity contribution in [1.82, 2.24) is 0 Å². The number of esters is 1. The monoisotopic (exact) mass is 674 g/mol. The summed E-state index contributed by atoms with van der Waals surface area (Å²) in [5, 5.41) is 21.3. The van der Waals surface area contributed by atoms with Crippen LogP contribution in [0, 0.1) is 0 Å². The Kier molecular flexibility index (Phi) is 20.7. The maximum absolute atomic E-state index is 12.8. The Morgan fingerprint density at radius 1 is 0.702 bits per heavy atom. The summed E-state index contributed by atoms with van der Waals surface area (Å²) < 4.78 is 11.3. The third-order valence-electron chi connectivity index (χ3n) is 10.5. The molecule has 2 aliphatic rings. The van der Waals surface area contributed by atoms with Gasteiger partial charge >= 0.3 is 5.97 Å². The van der Waals surface area contributed by atoms with Gasteiger partial charge in [-0.15, -0.1) is 11.8 Å². The number of benzene rings is 1. The van der Waals surface area contributed by atoms with Gasteiger partial charge in [-0.3, -0.25) is 4.79 Å². The average Bonchev–Trinajstić information content (AvgIpc) is 3.67. The molecule has 2 N–H and O–H groups in total. The predicted octanol–water partition coefficient (Wildman–Crippen LogP) is 11.1. The van der Waals surface area contributed by atoms with Crippen LogP contribution in [-0.2, 0) is 14.3 Å². The Morgan fingerprint density at radius 2 is 1.15 bits per heavy atom. The number of carbonyl (C=O) groups is 1. The van der Waals surface area contributed by atoms with Gasteiger partial charge < -0.3 is 19.7 Å². The molecule has 0 radical (unpaired) electrons. The zero-order valence-electron chi connectivity index (χ0n) is 30.2. The van der Waals surface area contributed by atoms with Crippen LogP contribution in [0.25, 0.3) is 0 Å². The molecule has 1 unspecified atom stereocenters. The van der Waals surface area contributed by atoms with Crippen LogP contribution in [0.4, 0.5) is 0 Å². The fourth-order valence-corrected chi connectivity index (χ4v) is 9.02. The Hall–Kier alpha value is -1.08. The van der Waals surface area contributed by atoms with Gasteiger partial charge in [0.05, 0.1) is 24.4 Å². The highest BCUT2D eigenvalue weighted by molar-refractivity contribution is 8.01. The van der Waals surface area contributed by atoms with E-state index in [4.69, 9.17) is 9.47 Å². The van der Waals surface area contributed by atoms with E-state index in [2.05, 4.69) is 19.1 Å². The molecule has 3 rings (SSSR count). The van der Waals surface area contributed by atoms with Crippen molar-refractivity contribution in [2.24, 2.45) is 0 Å². The van der Waals surface area contributed by atoms with Crippen LogP contribution in [0.1, 0.15) is 181 Å². The molecule has 6 atom stereocenters. The van der Waals surface area contributed by atoms with Gasteiger partial charge in [-0.25, -0.2) is 0 Å². The molecule has 6 heteroatoms. The van der Waals surface area contributed by atoms with Crippen molar-refractivity contribution in [2.45, 2.75) is 221 Å². The fraction of sp³-hybridized carbons (Fsp3) is 0.829. The van der Waals surface area contributed by atoms with Crippen molar-refractivity contribution < 1.29 is 24.5 Å². The zero-order valence-corrected chi connectivity index (χ0v) is 31.0. The maximum Gasteiger partial charge on any atom is 0.322 e. The van der Waals surface area contributed by atoms with Gasteiger partial charge in [-0.2, -0.15) is 0 Å². The van der Waals surface area contributed by atoms with Crippen molar-refractivity contribution in [3.8, 4) is 0 Å². The van der Waals surface area contributed by atoms with E-state index < -0.39 is 4.75 Å². The van der Waals surface area contributed by atoms with E-state index in [1.165, 1.54) is 109 Å². The summed E-state index contributed by atoms with van der Waals surface area (Å²) >= 11 is 1.71. The summed E-state index contributed by atoms with van der Waals surface area (Å²) in [4.78, 5) is 13.9. The van der Waals surface area contributed by atoms with Gasteiger partial charge in [0.1, 0.15) is 10.9 Å². The number of thioether (sulfide) groups is 1. The van der Waals surface area contributed by atoms with Crippen LogP contribution in [0.15, 0.2) is 35.2 Å². The first-order valence-corrected chi connectivity index (χ1v) is 20.7. The third-order valence-corrected chi connectivity index (χ3v) is 11.9. The van der Waals surface area contributed by atoms with Crippen LogP contribution >= 0.6 is 11.8 Å². The molecule has 1 aromatic carbocycles. The number of rotatable bonds is 28. The summed E-state index contributed by atoms with van der Waals surface area (Å²) in [7, 11) is 0. The number of aliphatic hydroxyl groups is 2. The summed E-state index contributed by atoms with van der Waals surface area (Å²) in [5.74, 6) is -0.0217. The lowest BCUT2D eigenvalue weighted by atomic mass is 9.96. The molecule has 0 bridgehead atoms. The molecule has 2 saturated heterocycles. The molecular weight excluding hydrogens is 605 g/mol. The number of hydrogen-bond acceptors (Lipinski definition) is 6. The second-order valence-corrected chi connectivity index (χ2v) is 16.3. The van der Waals surface area contributed by atoms with Crippen LogP contribution in [-0.4, -0.2) is 51.4 Å². The molecule has 2 aliphatic heterocycles.